The van der Waals surface area contributed by atoms with Gasteiger partial charge in [-0.2, -0.15) is 0 Å². The molecule has 0 saturated heterocycles. The number of esters is 1. The smallest absolute Gasteiger partial charge is 0.328 e. The van der Waals surface area contributed by atoms with Crippen LogP contribution in [0.5, 0.6) is 0 Å². The largest absolute Gasteiger partial charge is 0.467 e. The van der Waals surface area contributed by atoms with E-state index in [1.807, 2.05) is 6.20 Å². The Kier molecular flexibility index (Phi) is 2.74. The van der Waals surface area contributed by atoms with Crippen molar-refractivity contribution in [3.63, 3.8) is 0 Å². The van der Waals surface area contributed by atoms with Crippen molar-refractivity contribution in [1.82, 2.24) is 5.32 Å². The second-order valence-corrected chi connectivity index (χ2v) is 3.32. The molecule has 68 valence electrons. The predicted octanol–water partition coefficient (Wildman–Crippen LogP) is 1.06. The summed E-state index contributed by atoms with van der Waals surface area (Å²) in [6.07, 6.45) is 2.70. The summed E-state index contributed by atoms with van der Waals surface area (Å²) >= 11 is 0. The van der Waals surface area contributed by atoms with E-state index in [0.717, 1.165) is 6.42 Å². The van der Waals surface area contributed by atoms with Gasteiger partial charge in [-0.05, 0) is 17.7 Å². The maximum absolute atomic E-state index is 11.1. The molecule has 1 N–H and O–H groups in total. The number of hydrogen-bond acceptors (Lipinski definition) is 3. The van der Waals surface area contributed by atoms with Crippen LogP contribution < -0.4 is 5.32 Å². The molecule has 0 spiro atoms. The van der Waals surface area contributed by atoms with Crippen molar-refractivity contribution in [3.8, 4) is 0 Å². The predicted molar refractivity (Wildman–Crippen MR) is 46.5 cm³/mol. The molecule has 1 aliphatic rings. The van der Waals surface area contributed by atoms with Gasteiger partial charge in [-0.1, -0.05) is 13.8 Å². The molecule has 1 heterocycles. The van der Waals surface area contributed by atoms with Crippen LogP contribution in [0.15, 0.2) is 11.8 Å². The van der Waals surface area contributed by atoms with Gasteiger partial charge >= 0.3 is 5.97 Å². The molecule has 12 heavy (non-hydrogen) atoms. The minimum Gasteiger partial charge on any atom is -0.467 e. The van der Waals surface area contributed by atoms with Crippen molar-refractivity contribution in [2.24, 2.45) is 5.92 Å². The monoisotopic (exact) mass is 169 g/mol. The van der Waals surface area contributed by atoms with Crippen LogP contribution in [0.1, 0.15) is 20.3 Å². The number of nitrogens with one attached hydrogen (secondary N) is 1. The van der Waals surface area contributed by atoms with E-state index in [-0.39, 0.29) is 12.0 Å². The molecule has 0 aromatic heterocycles. The highest BCUT2D eigenvalue weighted by Gasteiger charge is 2.24. The Bertz CT molecular complexity index is 209. The molecule has 1 atom stereocenters. The minimum absolute atomic E-state index is 0.160. The van der Waals surface area contributed by atoms with Gasteiger partial charge in [-0.3, -0.25) is 0 Å². The standard InChI is InChI=1S/C9H15NO2/c1-6(2)7-4-8(10-5-7)9(11)12-3/h5-6,8,10H,4H2,1-3H3. The first kappa shape index (κ1) is 9.10. The van der Waals surface area contributed by atoms with E-state index in [9.17, 15) is 4.79 Å². The van der Waals surface area contributed by atoms with Crippen LogP contribution in [0.25, 0.3) is 0 Å². The average molecular weight is 169 g/mol. The molecule has 0 saturated carbocycles. The molecule has 0 fully saturated rings. The Balaban J connectivity index is 2.47. The van der Waals surface area contributed by atoms with Crippen LogP contribution >= 0.6 is 0 Å². The molecule has 1 unspecified atom stereocenters. The zero-order valence-electron chi connectivity index (χ0n) is 7.76. The van der Waals surface area contributed by atoms with E-state index < -0.39 is 0 Å². The summed E-state index contributed by atoms with van der Waals surface area (Å²) < 4.78 is 4.63. The lowest BCUT2D eigenvalue weighted by Gasteiger charge is -2.09. The van der Waals surface area contributed by atoms with Gasteiger partial charge in [-0.15, -0.1) is 0 Å². The molecule has 3 heteroatoms. The van der Waals surface area contributed by atoms with Crippen LogP contribution in [0.3, 0.4) is 0 Å². The lowest BCUT2D eigenvalue weighted by Crippen LogP contribution is -2.30. The molecule has 3 nitrogen and oxygen atoms in total. The lowest BCUT2D eigenvalue weighted by molar-refractivity contribution is -0.142. The first-order chi connectivity index (χ1) is 5.65. The fourth-order valence-corrected chi connectivity index (χ4v) is 1.26. The van der Waals surface area contributed by atoms with Crippen molar-refractivity contribution < 1.29 is 9.53 Å². The lowest BCUT2D eigenvalue weighted by atomic mass is 10.0. The minimum atomic E-state index is -0.179. The maximum atomic E-state index is 11.1. The number of rotatable bonds is 2. The summed E-state index contributed by atoms with van der Waals surface area (Å²) in [6, 6.07) is -0.160. The van der Waals surface area contributed by atoms with Gasteiger partial charge in [0.15, 0.2) is 0 Å². The second kappa shape index (κ2) is 3.61. The van der Waals surface area contributed by atoms with Crippen molar-refractivity contribution in [2.75, 3.05) is 7.11 Å². The van der Waals surface area contributed by atoms with E-state index in [0.29, 0.717) is 5.92 Å². The Morgan fingerprint density at radius 3 is 2.83 bits per heavy atom. The van der Waals surface area contributed by atoms with Gasteiger partial charge in [0.2, 0.25) is 0 Å². The molecular formula is C9H15NO2. The van der Waals surface area contributed by atoms with Gasteiger partial charge in [0, 0.05) is 6.42 Å². The molecule has 0 aromatic rings. The van der Waals surface area contributed by atoms with E-state index in [4.69, 9.17) is 0 Å². The highest BCUT2D eigenvalue weighted by atomic mass is 16.5. The molecule has 0 bridgehead atoms. The van der Waals surface area contributed by atoms with Crippen LogP contribution in [0.4, 0.5) is 0 Å². The summed E-state index contributed by atoms with van der Waals surface area (Å²) in [5.74, 6) is 0.328. The highest BCUT2D eigenvalue weighted by molar-refractivity contribution is 5.76. The molecule has 0 radical (unpaired) electrons. The van der Waals surface area contributed by atoms with Gasteiger partial charge < -0.3 is 10.1 Å². The normalized spacial score (nSPS) is 22.0. The third-order valence-electron chi connectivity index (χ3n) is 2.14. The van der Waals surface area contributed by atoms with Gasteiger partial charge in [0.25, 0.3) is 0 Å². The number of carbonyl (C=O) groups is 1. The molecule has 0 aliphatic carbocycles. The first-order valence-electron chi connectivity index (χ1n) is 4.18. The molecule has 0 aromatic carbocycles. The quantitative estimate of drug-likeness (QED) is 0.628. The third kappa shape index (κ3) is 1.78. The maximum Gasteiger partial charge on any atom is 0.328 e. The second-order valence-electron chi connectivity index (χ2n) is 3.32. The van der Waals surface area contributed by atoms with Gasteiger partial charge in [0.1, 0.15) is 6.04 Å². The fraction of sp³-hybridized carbons (Fsp3) is 0.667. The van der Waals surface area contributed by atoms with Crippen molar-refractivity contribution >= 4 is 5.97 Å². The Hall–Kier alpha value is -0.990. The van der Waals surface area contributed by atoms with Gasteiger partial charge in [-0.25, -0.2) is 4.79 Å². The van der Waals surface area contributed by atoms with E-state index in [1.165, 1.54) is 12.7 Å². The van der Waals surface area contributed by atoms with Crippen molar-refractivity contribution in [2.45, 2.75) is 26.3 Å². The highest BCUT2D eigenvalue weighted by Crippen LogP contribution is 2.20. The zero-order chi connectivity index (χ0) is 9.14. The zero-order valence-corrected chi connectivity index (χ0v) is 7.76. The van der Waals surface area contributed by atoms with E-state index >= 15 is 0 Å². The third-order valence-corrected chi connectivity index (χ3v) is 2.14. The summed E-state index contributed by atoms with van der Waals surface area (Å²) in [7, 11) is 1.41. The fourth-order valence-electron chi connectivity index (χ4n) is 1.26. The topological polar surface area (TPSA) is 38.3 Å². The van der Waals surface area contributed by atoms with Crippen LogP contribution in [0, 0.1) is 5.92 Å². The van der Waals surface area contributed by atoms with Crippen LogP contribution in [-0.4, -0.2) is 19.1 Å². The summed E-state index contributed by atoms with van der Waals surface area (Å²) in [4.78, 5) is 11.1. The van der Waals surface area contributed by atoms with Crippen LogP contribution in [-0.2, 0) is 9.53 Å². The number of carbonyl (C=O) groups excluding carboxylic acids is 1. The molecule has 1 aliphatic heterocycles. The Morgan fingerprint density at radius 2 is 2.42 bits per heavy atom. The number of hydrogen-bond donors (Lipinski definition) is 1. The Morgan fingerprint density at radius 1 is 1.75 bits per heavy atom. The first-order valence-corrected chi connectivity index (χ1v) is 4.18. The molecule has 1 rings (SSSR count). The summed E-state index contributed by atoms with van der Waals surface area (Å²) in [5, 5.41) is 3.00. The number of methoxy groups -OCH3 is 1. The van der Waals surface area contributed by atoms with Gasteiger partial charge in [0.05, 0.1) is 7.11 Å². The molecular weight excluding hydrogens is 154 g/mol. The summed E-state index contributed by atoms with van der Waals surface area (Å²) in [6.45, 7) is 4.24. The van der Waals surface area contributed by atoms with E-state index in [2.05, 4.69) is 23.9 Å². The molecule has 0 amide bonds. The number of ether oxygens (including phenoxy) is 1. The average Bonchev–Trinajstić information content (AvgIpc) is 2.51. The van der Waals surface area contributed by atoms with Crippen molar-refractivity contribution in [3.05, 3.63) is 11.8 Å². The Labute approximate surface area is 72.8 Å². The van der Waals surface area contributed by atoms with Crippen LogP contribution in [0.2, 0.25) is 0 Å². The summed E-state index contributed by atoms with van der Waals surface area (Å²) in [5.41, 5.74) is 1.28. The van der Waals surface area contributed by atoms with Crippen molar-refractivity contribution in [1.29, 1.82) is 0 Å². The SMILES string of the molecule is COC(=O)C1CC(C(C)C)=CN1. The van der Waals surface area contributed by atoms with E-state index in [1.54, 1.807) is 0 Å².